The first kappa shape index (κ1) is 5.19. The van der Waals surface area contributed by atoms with Crippen molar-refractivity contribution in [3.05, 3.63) is 18.2 Å². The molecular weight excluding hydrogens is 122 g/mol. The van der Waals surface area contributed by atoms with E-state index in [4.69, 9.17) is 5.26 Å². The van der Waals surface area contributed by atoms with Gasteiger partial charge in [-0.3, -0.25) is 3.97 Å². The minimum Gasteiger partial charge on any atom is -0.281 e. The summed E-state index contributed by atoms with van der Waals surface area (Å²) < 4.78 is 1.43. The fourth-order valence-corrected chi connectivity index (χ4v) is 0.532. The Bertz CT molecular complexity index is 221. The minimum atomic E-state index is 0.389. The summed E-state index contributed by atoms with van der Waals surface area (Å²) in [5.74, 6) is 0. The van der Waals surface area contributed by atoms with Gasteiger partial charge in [0.2, 0.25) is 0 Å². The van der Waals surface area contributed by atoms with Crippen LogP contribution in [0.1, 0.15) is 5.69 Å². The van der Waals surface area contributed by atoms with E-state index in [0.29, 0.717) is 5.69 Å². The first-order chi connectivity index (χ1) is 3.83. The number of hydrogen-bond donors (Lipinski definition) is 1. The van der Waals surface area contributed by atoms with Crippen LogP contribution in [-0.4, -0.2) is 8.96 Å². The average molecular weight is 125 g/mol. The molecular formula is C4H3N3S. The van der Waals surface area contributed by atoms with E-state index < -0.39 is 0 Å². The third-order valence-corrected chi connectivity index (χ3v) is 0.903. The van der Waals surface area contributed by atoms with Gasteiger partial charge in [0, 0.05) is 0 Å². The summed E-state index contributed by atoms with van der Waals surface area (Å²) >= 11 is 3.86. The summed E-state index contributed by atoms with van der Waals surface area (Å²) in [6.45, 7) is 0. The van der Waals surface area contributed by atoms with Gasteiger partial charge in [0.25, 0.3) is 0 Å². The molecule has 0 saturated carbocycles. The van der Waals surface area contributed by atoms with Gasteiger partial charge in [-0.05, 0) is 0 Å². The van der Waals surface area contributed by atoms with Crippen LogP contribution in [0, 0.1) is 11.3 Å². The van der Waals surface area contributed by atoms with Crippen LogP contribution < -0.4 is 0 Å². The number of nitrogens with zero attached hydrogens (tertiary/aromatic N) is 3. The molecule has 0 aliphatic rings. The zero-order chi connectivity index (χ0) is 5.98. The molecule has 0 fully saturated rings. The summed E-state index contributed by atoms with van der Waals surface area (Å²) in [5.41, 5.74) is 0.389. The van der Waals surface area contributed by atoms with Crippen LogP contribution in [0.5, 0.6) is 0 Å². The van der Waals surface area contributed by atoms with Crippen LogP contribution >= 0.6 is 12.8 Å². The smallest absolute Gasteiger partial charge is 0.159 e. The van der Waals surface area contributed by atoms with Crippen LogP contribution in [0.25, 0.3) is 0 Å². The second kappa shape index (κ2) is 1.88. The summed E-state index contributed by atoms with van der Waals surface area (Å²) in [6.07, 6.45) is 2.99. The highest BCUT2D eigenvalue weighted by Crippen LogP contribution is 1.92. The molecule has 0 saturated heterocycles. The van der Waals surface area contributed by atoms with Crippen molar-refractivity contribution in [1.29, 1.82) is 5.26 Å². The minimum absolute atomic E-state index is 0.389. The molecule has 1 aromatic heterocycles. The molecule has 3 nitrogen and oxygen atoms in total. The second-order valence-electron chi connectivity index (χ2n) is 1.25. The van der Waals surface area contributed by atoms with Gasteiger partial charge in [0.1, 0.15) is 12.4 Å². The Morgan fingerprint density at radius 1 is 1.88 bits per heavy atom. The summed E-state index contributed by atoms with van der Waals surface area (Å²) in [4.78, 5) is 3.66. The highest BCUT2D eigenvalue weighted by atomic mass is 32.1. The Kier molecular flexibility index (Phi) is 1.22. The molecule has 0 spiro atoms. The van der Waals surface area contributed by atoms with Crippen LogP contribution in [-0.2, 0) is 0 Å². The quantitative estimate of drug-likeness (QED) is 0.511. The topological polar surface area (TPSA) is 41.6 Å². The van der Waals surface area contributed by atoms with Crippen molar-refractivity contribution in [2.75, 3.05) is 0 Å². The molecule has 0 aliphatic carbocycles. The number of hydrogen-bond acceptors (Lipinski definition) is 3. The maximum Gasteiger partial charge on any atom is 0.159 e. The van der Waals surface area contributed by atoms with E-state index in [1.54, 1.807) is 0 Å². The standard InChI is InChI=1S/C4H3N3S/c5-1-4-2-7(8)3-6-4/h2-3,8H. The number of nitriles is 1. The van der Waals surface area contributed by atoms with Crippen LogP contribution in [0.4, 0.5) is 0 Å². The lowest BCUT2D eigenvalue weighted by Crippen LogP contribution is -1.67. The van der Waals surface area contributed by atoms with Crippen molar-refractivity contribution < 1.29 is 0 Å². The van der Waals surface area contributed by atoms with Gasteiger partial charge in [0.05, 0.1) is 6.20 Å². The summed E-state index contributed by atoms with van der Waals surface area (Å²) in [7, 11) is 0. The molecule has 1 rings (SSSR count). The highest BCUT2D eigenvalue weighted by Gasteiger charge is 1.89. The van der Waals surface area contributed by atoms with Gasteiger partial charge in [-0.1, -0.05) is 12.8 Å². The highest BCUT2D eigenvalue weighted by molar-refractivity contribution is 7.78. The maximum absolute atomic E-state index is 8.19. The third-order valence-electron chi connectivity index (χ3n) is 0.684. The normalized spacial score (nSPS) is 8.50. The maximum atomic E-state index is 8.19. The lowest BCUT2D eigenvalue weighted by Gasteiger charge is -1.75. The van der Waals surface area contributed by atoms with Gasteiger partial charge in [-0.15, -0.1) is 0 Å². The predicted molar refractivity (Wildman–Crippen MR) is 31.3 cm³/mol. The van der Waals surface area contributed by atoms with Crippen LogP contribution in [0.3, 0.4) is 0 Å². The van der Waals surface area contributed by atoms with E-state index in [-0.39, 0.29) is 0 Å². The van der Waals surface area contributed by atoms with E-state index in [1.807, 2.05) is 6.07 Å². The monoisotopic (exact) mass is 125 g/mol. The van der Waals surface area contributed by atoms with E-state index in [2.05, 4.69) is 17.8 Å². The fraction of sp³-hybridized carbons (Fsp3) is 0. The average Bonchev–Trinajstić information content (AvgIpc) is 2.14. The Morgan fingerprint density at radius 2 is 2.62 bits per heavy atom. The Labute approximate surface area is 52.1 Å². The van der Waals surface area contributed by atoms with E-state index in [9.17, 15) is 0 Å². The lowest BCUT2D eigenvalue weighted by molar-refractivity contribution is 1.24. The first-order valence-corrected chi connectivity index (χ1v) is 2.36. The molecule has 1 aromatic rings. The van der Waals surface area contributed by atoms with Gasteiger partial charge in [-0.2, -0.15) is 5.26 Å². The summed E-state index contributed by atoms with van der Waals surface area (Å²) in [5, 5.41) is 8.19. The summed E-state index contributed by atoms with van der Waals surface area (Å²) in [6, 6.07) is 1.87. The van der Waals surface area contributed by atoms with E-state index >= 15 is 0 Å². The predicted octanol–water partition coefficient (Wildman–Crippen LogP) is 0.448. The Balaban J connectivity index is 3.05. The number of rotatable bonds is 0. The Morgan fingerprint density at radius 3 is 2.88 bits per heavy atom. The van der Waals surface area contributed by atoms with Crippen molar-refractivity contribution in [1.82, 2.24) is 8.96 Å². The third kappa shape index (κ3) is 0.820. The zero-order valence-corrected chi connectivity index (χ0v) is 4.84. The molecule has 8 heavy (non-hydrogen) atoms. The van der Waals surface area contributed by atoms with E-state index in [0.717, 1.165) is 0 Å². The van der Waals surface area contributed by atoms with Crippen molar-refractivity contribution in [3.63, 3.8) is 0 Å². The molecule has 0 N–H and O–H groups in total. The molecule has 1 heterocycles. The van der Waals surface area contributed by atoms with Gasteiger partial charge < -0.3 is 0 Å². The second-order valence-corrected chi connectivity index (χ2v) is 1.71. The van der Waals surface area contributed by atoms with Crippen LogP contribution in [0.2, 0.25) is 0 Å². The van der Waals surface area contributed by atoms with Gasteiger partial charge in [-0.25, -0.2) is 4.98 Å². The Hall–Kier alpha value is -0.950. The fourth-order valence-electron chi connectivity index (χ4n) is 0.371. The molecule has 0 aliphatic heterocycles. The van der Waals surface area contributed by atoms with Crippen molar-refractivity contribution >= 4 is 12.8 Å². The number of aromatic nitrogens is 2. The van der Waals surface area contributed by atoms with Crippen molar-refractivity contribution in [2.45, 2.75) is 0 Å². The van der Waals surface area contributed by atoms with Crippen molar-refractivity contribution in [2.24, 2.45) is 0 Å². The van der Waals surface area contributed by atoms with Crippen LogP contribution in [0.15, 0.2) is 12.5 Å². The van der Waals surface area contributed by atoms with Gasteiger partial charge >= 0.3 is 0 Å². The lowest BCUT2D eigenvalue weighted by atomic mass is 10.6. The molecule has 0 amide bonds. The zero-order valence-electron chi connectivity index (χ0n) is 3.94. The van der Waals surface area contributed by atoms with E-state index in [1.165, 1.54) is 16.5 Å². The molecule has 4 heteroatoms. The molecule has 40 valence electrons. The van der Waals surface area contributed by atoms with Crippen molar-refractivity contribution in [3.8, 4) is 6.07 Å². The molecule has 0 atom stereocenters. The molecule has 0 unspecified atom stereocenters. The molecule has 0 bridgehead atoms. The SMILES string of the molecule is N#Cc1cn(S)cn1. The molecule has 0 radical (unpaired) electrons. The number of imidazole rings is 1. The first-order valence-electron chi connectivity index (χ1n) is 1.96. The largest absolute Gasteiger partial charge is 0.281 e. The number of thiol groups is 1. The molecule has 0 aromatic carbocycles. The van der Waals surface area contributed by atoms with Gasteiger partial charge in [0.15, 0.2) is 5.69 Å².